The molecule has 128 valence electrons. The molecule has 2 aromatic rings. The molecule has 2 rings (SSSR count). The monoisotopic (exact) mass is 366 g/mol. The SMILES string of the molecule is CC[C@H](C)[C@H](C)C(=O)Oc1ccccc1C(=O)Nc1ncc(Cl)s1. The zero-order valence-corrected chi connectivity index (χ0v) is 15.3. The smallest absolute Gasteiger partial charge is 0.314 e. The summed E-state index contributed by atoms with van der Waals surface area (Å²) < 4.78 is 5.93. The van der Waals surface area contributed by atoms with E-state index in [2.05, 4.69) is 10.3 Å². The predicted octanol–water partition coefficient (Wildman–Crippen LogP) is 4.64. The van der Waals surface area contributed by atoms with Gasteiger partial charge >= 0.3 is 5.97 Å². The third-order valence-electron chi connectivity index (χ3n) is 3.91. The van der Waals surface area contributed by atoms with Gasteiger partial charge in [-0.25, -0.2) is 4.98 Å². The zero-order valence-electron chi connectivity index (χ0n) is 13.7. The molecule has 0 spiro atoms. The molecule has 0 saturated carbocycles. The van der Waals surface area contributed by atoms with E-state index in [-0.39, 0.29) is 29.1 Å². The molecule has 2 atom stereocenters. The molecule has 5 nitrogen and oxygen atoms in total. The Morgan fingerprint density at radius 1 is 1.33 bits per heavy atom. The van der Waals surface area contributed by atoms with Crippen LogP contribution in [0.5, 0.6) is 5.75 Å². The van der Waals surface area contributed by atoms with Gasteiger partial charge in [0.1, 0.15) is 10.1 Å². The van der Waals surface area contributed by atoms with Crippen LogP contribution in [0.1, 0.15) is 37.6 Å². The van der Waals surface area contributed by atoms with Gasteiger partial charge in [-0.3, -0.25) is 14.9 Å². The van der Waals surface area contributed by atoms with Crippen LogP contribution in [0, 0.1) is 11.8 Å². The summed E-state index contributed by atoms with van der Waals surface area (Å²) in [6.07, 6.45) is 2.34. The van der Waals surface area contributed by atoms with Gasteiger partial charge in [0.25, 0.3) is 5.91 Å². The molecule has 0 fully saturated rings. The lowest BCUT2D eigenvalue weighted by Gasteiger charge is -2.17. The van der Waals surface area contributed by atoms with Crippen LogP contribution in [0.2, 0.25) is 4.34 Å². The van der Waals surface area contributed by atoms with Gasteiger partial charge in [-0.1, -0.05) is 62.3 Å². The molecule has 0 aliphatic carbocycles. The van der Waals surface area contributed by atoms with Crippen LogP contribution in [0.4, 0.5) is 5.13 Å². The number of aromatic nitrogens is 1. The Morgan fingerprint density at radius 2 is 2.04 bits per heavy atom. The topological polar surface area (TPSA) is 68.3 Å². The molecule has 0 aliphatic rings. The van der Waals surface area contributed by atoms with Gasteiger partial charge in [0.2, 0.25) is 0 Å². The summed E-state index contributed by atoms with van der Waals surface area (Å²) in [5, 5.41) is 3.04. The van der Waals surface area contributed by atoms with Gasteiger partial charge in [0, 0.05) is 0 Å². The second-order valence-corrected chi connectivity index (χ2v) is 7.18. The molecule has 0 radical (unpaired) electrons. The second-order valence-electron chi connectivity index (χ2n) is 5.52. The molecule has 1 N–H and O–H groups in total. The van der Waals surface area contributed by atoms with Crippen molar-refractivity contribution in [3.05, 3.63) is 40.4 Å². The summed E-state index contributed by atoms with van der Waals surface area (Å²) >= 11 is 6.96. The number of nitrogens with zero attached hydrogens (tertiary/aromatic N) is 1. The molecule has 1 aromatic carbocycles. The average molecular weight is 367 g/mol. The molecule has 0 aliphatic heterocycles. The van der Waals surface area contributed by atoms with Gasteiger partial charge in [0.15, 0.2) is 5.13 Å². The van der Waals surface area contributed by atoms with Crippen molar-refractivity contribution >= 4 is 39.9 Å². The minimum Gasteiger partial charge on any atom is -0.425 e. The standard InChI is InChI=1S/C17H19ClN2O3S/c1-4-10(2)11(3)16(22)23-13-8-6-5-7-12(13)15(21)20-17-19-9-14(18)24-17/h5-11H,4H2,1-3H3,(H,19,20,21)/t10-,11-/m0/s1. The lowest BCUT2D eigenvalue weighted by atomic mass is 9.94. The van der Waals surface area contributed by atoms with Crippen molar-refractivity contribution in [3.63, 3.8) is 0 Å². The van der Waals surface area contributed by atoms with Crippen LogP contribution < -0.4 is 10.1 Å². The molecular formula is C17H19ClN2O3S. The Bertz CT molecular complexity index is 732. The number of hydrogen-bond acceptors (Lipinski definition) is 5. The summed E-state index contributed by atoms with van der Waals surface area (Å²) in [5.74, 6) is -0.555. The number of carbonyl (C=O) groups excluding carboxylic acids is 2. The molecule has 0 unspecified atom stereocenters. The highest BCUT2D eigenvalue weighted by Crippen LogP contribution is 2.26. The molecule has 0 bridgehead atoms. The van der Waals surface area contributed by atoms with Crippen LogP contribution in [0.25, 0.3) is 0 Å². The first-order valence-corrected chi connectivity index (χ1v) is 8.85. The average Bonchev–Trinajstić information content (AvgIpc) is 2.98. The van der Waals surface area contributed by atoms with E-state index in [1.165, 1.54) is 6.20 Å². The lowest BCUT2D eigenvalue weighted by molar-refractivity contribution is -0.140. The predicted molar refractivity (Wildman–Crippen MR) is 95.8 cm³/mol. The van der Waals surface area contributed by atoms with Crippen molar-refractivity contribution < 1.29 is 14.3 Å². The quantitative estimate of drug-likeness (QED) is 0.597. The summed E-state index contributed by atoms with van der Waals surface area (Å²) in [5.41, 5.74) is 0.272. The highest BCUT2D eigenvalue weighted by atomic mass is 35.5. The summed E-state index contributed by atoms with van der Waals surface area (Å²) in [6.45, 7) is 5.85. The van der Waals surface area contributed by atoms with Crippen molar-refractivity contribution in [2.24, 2.45) is 11.8 Å². The first kappa shape index (κ1) is 18.4. The van der Waals surface area contributed by atoms with Crippen LogP contribution >= 0.6 is 22.9 Å². The maximum atomic E-state index is 12.4. The first-order valence-electron chi connectivity index (χ1n) is 7.65. The minimum absolute atomic E-state index is 0.205. The number of halogens is 1. The fourth-order valence-electron chi connectivity index (χ4n) is 2.01. The van der Waals surface area contributed by atoms with E-state index in [1.807, 2.05) is 20.8 Å². The maximum Gasteiger partial charge on any atom is 0.314 e. The number of nitrogens with one attached hydrogen (secondary N) is 1. The number of esters is 1. The molecule has 1 aromatic heterocycles. The van der Waals surface area contributed by atoms with Gasteiger partial charge in [-0.15, -0.1) is 0 Å². The molecule has 1 heterocycles. The number of anilines is 1. The highest BCUT2D eigenvalue weighted by Gasteiger charge is 2.23. The lowest BCUT2D eigenvalue weighted by Crippen LogP contribution is -2.24. The van der Waals surface area contributed by atoms with E-state index in [0.717, 1.165) is 17.8 Å². The van der Waals surface area contributed by atoms with Crippen molar-refractivity contribution in [3.8, 4) is 5.75 Å². The number of ether oxygens (including phenoxy) is 1. The van der Waals surface area contributed by atoms with Crippen molar-refractivity contribution in [1.82, 2.24) is 4.98 Å². The number of benzene rings is 1. The van der Waals surface area contributed by atoms with Crippen LogP contribution in [-0.2, 0) is 4.79 Å². The molecule has 24 heavy (non-hydrogen) atoms. The number of hydrogen-bond donors (Lipinski definition) is 1. The van der Waals surface area contributed by atoms with Crippen LogP contribution in [-0.4, -0.2) is 16.9 Å². The van der Waals surface area contributed by atoms with Gasteiger partial charge in [0.05, 0.1) is 17.7 Å². The molecular weight excluding hydrogens is 348 g/mol. The summed E-state index contributed by atoms with van der Waals surface area (Å²) in [7, 11) is 0. The zero-order chi connectivity index (χ0) is 17.7. The van der Waals surface area contributed by atoms with E-state index in [9.17, 15) is 9.59 Å². The third kappa shape index (κ3) is 4.55. The van der Waals surface area contributed by atoms with E-state index in [1.54, 1.807) is 24.3 Å². The first-order chi connectivity index (χ1) is 11.4. The number of para-hydroxylation sites is 1. The second kappa shape index (κ2) is 8.26. The van der Waals surface area contributed by atoms with Crippen LogP contribution in [0.3, 0.4) is 0 Å². The minimum atomic E-state index is -0.402. The normalized spacial score (nSPS) is 13.2. The maximum absolute atomic E-state index is 12.4. The van der Waals surface area contributed by atoms with E-state index < -0.39 is 5.91 Å². The van der Waals surface area contributed by atoms with E-state index >= 15 is 0 Å². The molecule has 1 amide bonds. The number of rotatable bonds is 6. The van der Waals surface area contributed by atoms with E-state index in [0.29, 0.717) is 9.47 Å². The Kier molecular flexibility index (Phi) is 6.34. The summed E-state index contributed by atoms with van der Waals surface area (Å²) in [4.78, 5) is 28.7. The van der Waals surface area contributed by atoms with Crippen LogP contribution in [0.15, 0.2) is 30.5 Å². The fourth-order valence-corrected chi connectivity index (χ4v) is 2.81. The fraction of sp³-hybridized carbons (Fsp3) is 0.353. The third-order valence-corrected chi connectivity index (χ3v) is 4.94. The number of thiazole rings is 1. The Morgan fingerprint density at radius 3 is 2.67 bits per heavy atom. The Balaban J connectivity index is 2.14. The molecule has 7 heteroatoms. The largest absolute Gasteiger partial charge is 0.425 e. The number of amides is 1. The highest BCUT2D eigenvalue weighted by molar-refractivity contribution is 7.19. The Labute approximate surface area is 150 Å². The van der Waals surface area contributed by atoms with Gasteiger partial charge in [-0.2, -0.15) is 0 Å². The van der Waals surface area contributed by atoms with Crippen molar-refractivity contribution in [1.29, 1.82) is 0 Å². The summed E-state index contributed by atoms with van der Waals surface area (Å²) in [6, 6.07) is 6.62. The van der Waals surface area contributed by atoms with Crippen molar-refractivity contribution in [2.75, 3.05) is 5.32 Å². The Hall–Kier alpha value is -1.92. The molecule has 0 saturated heterocycles. The van der Waals surface area contributed by atoms with Gasteiger partial charge in [-0.05, 0) is 18.1 Å². The van der Waals surface area contributed by atoms with Gasteiger partial charge < -0.3 is 4.74 Å². The van der Waals surface area contributed by atoms with Crippen molar-refractivity contribution in [2.45, 2.75) is 27.2 Å². The number of carbonyl (C=O) groups is 2. The van der Waals surface area contributed by atoms with E-state index in [4.69, 9.17) is 16.3 Å².